The lowest BCUT2D eigenvalue weighted by Crippen LogP contribution is -2.06. The maximum Gasteiger partial charge on any atom is 0.158 e. The normalized spacial score (nSPS) is 17.2. The van der Waals surface area contributed by atoms with E-state index in [-0.39, 0.29) is 0 Å². The summed E-state index contributed by atoms with van der Waals surface area (Å²) >= 11 is 0. The highest BCUT2D eigenvalue weighted by Gasteiger charge is 2.11. The van der Waals surface area contributed by atoms with Gasteiger partial charge in [-0.25, -0.2) is 0 Å². The smallest absolute Gasteiger partial charge is 0.158 e. The summed E-state index contributed by atoms with van der Waals surface area (Å²) in [5.74, 6) is 0.346. The van der Waals surface area contributed by atoms with Crippen LogP contribution in [0.5, 0.6) is 0 Å². The lowest BCUT2D eigenvalue weighted by Gasteiger charge is -2.09. The molecule has 0 aromatic carbocycles. The zero-order valence-corrected chi connectivity index (χ0v) is 7.89. The Balaban J connectivity index is 2.56. The van der Waals surface area contributed by atoms with Crippen molar-refractivity contribution in [2.45, 2.75) is 39.5 Å². The van der Waals surface area contributed by atoms with Crippen LogP contribution < -0.4 is 0 Å². The molecule has 0 saturated carbocycles. The summed E-state index contributed by atoms with van der Waals surface area (Å²) in [4.78, 5) is 11.3. The molecule has 1 heteroatoms. The van der Waals surface area contributed by atoms with Gasteiger partial charge in [-0.1, -0.05) is 17.7 Å². The second-order valence-electron chi connectivity index (χ2n) is 3.53. The highest BCUT2D eigenvalue weighted by molar-refractivity contribution is 5.96. The predicted octanol–water partition coefficient (Wildman–Crippen LogP) is 3.02. The number of hydrogen-bond acceptors (Lipinski definition) is 1. The number of carbonyl (C=O) groups excluding carboxylic acids is 1. The number of rotatable bonds is 2. The molecule has 0 N–H and O–H groups in total. The minimum Gasteiger partial charge on any atom is -0.295 e. The average Bonchev–Trinajstić information content (AvgIpc) is 2.03. The third-order valence-electron chi connectivity index (χ3n) is 2.09. The van der Waals surface area contributed by atoms with E-state index in [9.17, 15) is 4.79 Å². The summed E-state index contributed by atoms with van der Waals surface area (Å²) in [5, 5.41) is 0. The molecule has 0 unspecified atom stereocenters. The fourth-order valence-corrected chi connectivity index (χ4v) is 1.32. The van der Waals surface area contributed by atoms with Gasteiger partial charge in [-0.3, -0.25) is 4.79 Å². The lowest BCUT2D eigenvalue weighted by atomic mass is 9.95. The van der Waals surface area contributed by atoms with Gasteiger partial charge in [0.05, 0.1) is 0 Å². The Morgan fingerprint density at radius 2 is 2.33 bits per heavy atom. The van der Waals surface area contributed by atoms with Crippen LogP contribution in [0.25, 0.3) is 0 Å². The van der Waals surface area contributed by atoms with Crippen LogP contribution >= 0.6 is 0 Å². The zero-order valence-electron chi connectivity index (χ0n) is 7.89. The minimum atomic E-state index is 0.346. The van der Waals surface area contributed by atoms with Gasteiger partial charge in [0.15, 0.2) is 5.78 Å². The third kappa shape index (κ3) is 2.65. The van der Waals surface area contributed by atoms with Crippen LogP contribution in [0.2, 0.25) is 0 Å². The van der Waals surface area contributed by atoms with Gasteiger partial charge in [0.25, 0.3) is 0 Å². The molecule has 0 spiro atoms. The van der Waals surface area contributed by atoms with Crippen LogP contribution in [-0.2, 0) is 4.79 Å². The molecule has 0 saturated heterocycles. The topological polar surface area (TPSA) is 17.1 Å². The fourth-order valence-electron chi connectivity index (χ4n) is 1.32. The molecule has 0 aromatic heterocycles. The zero-order chi connectivity index (χ0) is 8.97. The SMILES string of the molecule is CC(C)=CCC1=CCCCC1=O. The Labute approximate surface area is 74.2 Å². The van der Waals surface area contributed by atoms with Gasteiger partial charge in [0.2, 0.25) is 0 Å². The summed E-state index contributed by atoms with van der Waals surface area (Å²) in [6.07, 6.45) is 7.92. The molecule has 0 aromatic rings. The second-order valence-corrected chi connectivity index (χ2v) is 3.53. The van der Waals surface area contributed by atoms with E-state index in [1.807, 2.05) is 0 Å². The minimum absolute atomic E-state index is 0.346. The van der Waals surface area contributed by atoms with E-state index in [1.165, 1.54) is 5.57 Å². The molecule has 0 fully saturated rings. The molecule has 0 radical (unpaired) electrons. The van der Waals surface area contributed by atoms with Crippen LogP contribution in [0.3, 0.4) is 0 Å². The molecule has 1 rings (SSSR count). The molecule has 0 heterocycles. The molecule has 66 valence electrons. The van der Waals surface area contributed by atoms with Crippen molar-refractivity contribution in [2.24, 2.45) is 0 Å². The molecule has 0 amide bonds. The van der Waals surface area contributed by atoms with Crippen molar-refractivity contribution in [3.63, 3.8) is 0 Å². The third-order valence-corrected chi connectivity index (χ3v) is 2.09. The summed E-state index contributed by atoms with van der Waals surface area (Å²) in [6.45, 7) is 4.13. The van der Waals surface area contributed by atoms with Crippen LogP contribution in [-0.4, -0.2) is 5.78 Å². The number of Topliss-reactive ketones (excluding diaryl/α,β-unsaturated/α-hetero) is 1. The van der Waals surface area contributed by atoms with Gasteiger partial charge in [-0.05, 0) is 38.7 Å². The quantitative estimate of drug-likeness (QED) is 0.573. The van der Waals surface area contributed by atoms with E-state index < -0.39 is 0 Å². The number of allylic oxidation sites excluding steroid dienone is 4. The Bertz CT molecular complexity index is 229. The summed E-state index contributed by atoms with van der Waals surface area (Å²) in [5.41, 5.74) is 2.30. The van der Waals surface area contributed by atoms with Gasteiger partial charge >= 0.3 is 0 Å². The maximum atomic E-state index is 11.3. The van der Waals surface area contributed by atoms with Gasteiger partial charge in [-0.15, -0.1) is 0 Å². The van der Waals surface area contributed by atoms with Gasteiger partial charge in [0, 0.05) is 6.42 Å². The lowest BCUT2D eigenvalue weighted by molar-refractivity contribution is -0.116. The first-order chi connectivity index (χ1) is 5.70. The Hall–Kier alpha value is -0.850. The van der Waals surface area contributed by atoms with Crippen molar-refractivity contribution < 1.29 is 4.79 Å². The highest BCUT2D eigenvalue weighted by Crippen LogP contribution is 2.17. The number of carbonyl (C=O) groups is 1. The van der Waals surface area contributed by atoms with Crippen molar-refractivity contribution in [3.05, 3.63) is 23.3 Å². The van der Waals surface area contributed by atoms with E-state index >= 15 is 0 Å². The van der Waals surface area contributed by atoms with Crippen LogP contribution in [0.1, 0.15) is 39.5 Å². The standard InChI is InChI=1S/C11H16O/c1-9(2)7-8-10-5-3-4-6-11(10)12/h5,7H,3-4,6,8H2,1-2H3. The van der Waals surface area contributed by atoms with E-state index in [0.717, 1.165) is 31.3 Å². The van der Waals surface area contributed by atoms with Crippen LogP contribution in [0.15, 0.2) is 23.3 Å². The molecular formula is C11H16O. The molecule has 1 aliphatic carbocycles. The molecule has 0 atom stereocenters. The van der Waals surface area contributed by atoms with Gasteiger partial charge in [0.1, 0.15) is 0 Å². The molecule has 12 heavy (non-hydrogen) atoms. The van der Waals surface area contributed by atoms with Gasteiger partial charge in [-0.2, -0.15) is 0 Å². The van der Waals surface area contributed by atoms with E-state index in [2.05, 4.69) is 26.0 Å². The average molecular weight is 164 g/mol. The molecule has 0 bridgehead atoms. The van der Waals surface area contributed by atoms with E-state index in [1.54, 1.807) is 0 Å². The predicted molar refractivity (Wildman–Crippen MR) is 51.0 cm³/mol. The molecule has 0 aliphatic heterocycles. The van der Waals surface area contributed by atoms with Crippen molar-refractivity contribution in [1.29, 1.82) is 0 Å². The van der Waals surface area contributed by atoms with Crippen molar-refractivity contribution in [3.8, 4) is 0 Å². The monoisotopic (exact) mass is 164 g/mol. The fraction of sp³-hybridized carbons (Fsp3) is 0.545. The van der Waals surface area contributed by atoms with Crippen LogP contribution in [0, 0.1) is 0 Å². The number of hydrogen-bond donors (Lipinski definition) is 0. The highest BCUT2D eigenvalue weighted by atomic mass is 16.1. The Kier molecular flexibility index (Phi) is 3.27. The van der Waals surface area contributed by atoms with Crippen LogP contribution in [0.4, 0.5) is 0 Å². The van der Waals surface area contributed by atoms with Gasteiger partial charge < -0.3 is 0 Å². The summed E-state index contributed by atoms with van der Waals surface area (Å²) in [7, 11) is 0. The largest absolute Gasteiger partial charge is 0.295 e. The first-order valence-corrected chi connectivity index (χ1v) is 4.56. The van der Waals surface area contributed by atoms with Crippen molar-refractivity contribution in [2.75, 3.05) is 0 Å². The first-order valence-electron chi connectivity index (χ1n) is 4.56. The van der Waals surface area contributed by atoms with E-state index in [4.69, 9.17) is 0 Å². The summed E-state index contributed by atoms with van der Waals surface area (Å²) < 4.78 is 0. The Morgan fingerprint density at radius 1 is 1.58 bits per heavy atom. The van der Waals surface area contributed by atoms with Crippen molar-refractivity contribution in [1.82, 2.24) is 0 Å². The maximum absolute atomic E-state index is 11.3. The number of ketones is 1. The molecular weight excluding hydrogens is 148 g/mol. The van der Waals surface area contributed by atoms with E-state index in [0.29, 0.717) is 5.78 Å². The summed E-state index contributed by atoms with van der Waals surface area (Å²) in [6, 6.07) is 0. The Morgan fingerprint density at radius 3 is 2.92 bits per heavy atom. The molecule has 1 aliphatic rings. The molecule has 1 nitrogen and oxygen atoms in total. The van der Waals surface area contributed by atoms with Crippen molar-refractivity contribution >= 4 is 5.78 Å². The second kappa shape index (κ2) is 4.24. The first kappa shape index (κ1) is 9.24.